The summed E-state index contributed by atoms with van der Waals surface area (Å²) >= 11 is 0. The molecule has 2 heterocycles. The lowest BCUT2D eigenvalue weighted by Crippen LogP contribution is -2.15. The molecule has 18 heavy (non-hydrogen) atoms. The first-order chi connectivity index (χ1) is 8.54. The zero-order chi connectivity index (χ0) is 13.1. The molecule has 0 radical (unpaired) electrons. The number of rotatable bonds is 2. The van der Waals surface area contributed by atoms with Crippen molar-refractivity contribution in [2.24, 2.45) is 0 Å². The SMILES string of the molecule is Cc1cc(C)nc(NC(=O)c2cnc(C)cn2)c1. The molecule has 0 fully saturated rings. The fourth-order valence-corrected chi connectivity index (χ4v) is 1.60. The van der Waals surface area contributed by atoms with Gasteiger partial charge >= 0.3 is 0 Å². The van der Waals surface area contributed by atoms with E-state index in [0.29, 0.717) is 5.82 Å². The fourth-order valence-electron chi connectivity index (χ4n) is 1.60. The van der Waals surface area contributed by atoms with Crippen LogP contribution in [0.2, 0.25) is 0 Å². The third-order valence-corrected chi connectivity index (χ3v) is 2.35. The van der Waals surface area contributed by atoms with Crippen molar-refractivity contribution in [3.63, 3.8) is 0 Å². The Balaban J connectivity index is 2.18. The van der Waals surface area contributed by atoms with Crippen LogP contribution in [0.4, 0.5) is 5.82 Å². The summed E-state index contributed by atoms with van der Waals surface area (Å²) in [6.45, 7) is 5.66. The van der Waals surface area contributed by atoms with Gasteiger partial charge in [0.15, 0.2) is 0 Å². The van der Waals surface area contributed by atoms with Crippen LogP contribution in [-0.4, -0.2) is 20.9 Å². The first-order valence-corrected chi connectivity index (χ1v) is 5.60. The molecule has 2 aromatic heterocycles. The van der Waals surface area contributed by atoms with Gasteiger partial charge in [-0.3, -0.25) is 9.78 Å². The molecule has 1 N–H and O–H groups in total. The molecule has 0 saturated carbocycles. The normalized spacial score (nSPS) is 10.2. The van der Waals surface area contributed by atoms with Gasteiger partial charge in [0.2, 0.25) is 0 Å². The monoisotopic (exact) mass is 242 g/mol. The van der Waals surface area contributed by atoms with Crippen LogP contribution in [0, 0.1) is 20.8 Å². The van der Waals surface area contributed by atoms with Gasteiger partial charge in [-0.2, -0.15) is 0 Å². The second-order valence-electron chi connectivity index (χ2n) is 4.17. The van der Waals surface area contributed by atoms with Gasteiger partial charge in [0, 0.05) is 11.9 Å². The number of carbonyl (C=O) groups is 1. The topological polar surface area (TPSA) is 67.8 Å². The Morgan fingerprint density at radius 1 is 1.06 bits per heavy atom. The summed E-state index contributed by atoms with van der Waals surface area (Å²) < 4.78 is 0. The molecule has 0 aliphatic heterocycles. The highest BCUT2D eigenvalue weighted by Crippen LogP contribution is 2.10. The minimum atomic E-state index is -0.306. The van der Waals surface area contributed by atoms with Crippen LogP contribution >= 0.6 is 0 Å². The lowest BCUT2D eigenvalue weighted by molar-refractivity contribution is 0.102. The summed E-state index contributed by atoms with van der Waals surface area (Å²) in [5, 5.41) is 2.71. The number of carbonyl (C=O) groups excluding carboxylic acids is 1. The van der Waals surface area contributed by atoms with Gasteiger partial charge in [-0.1, -0.05) is 0 Å². The molecule has 2 rings (SSSR count). The van der Waals surface area contributed by atoms with Crippen molar-refractivity contribution >= 4 is 11.7 Å². The van der Waals surface area contributed by atoms with Gasteiger partial charge in [0.1, 0.15) is 11.5 Å². The highest BCUT2D eigenvalue weighted by molar-refractivity contribution is 6.02. The van der Waals surface area contributed by atoms with Crippen molar-refractivity contribution < 1.29 is 4.79 Å². The number of amides is 1. The molecule has 0 spiro atoms. The summed E-state index contributed by atoms with van der Waals surface area (Å²) in [5.41, 5.74) is 2.96. The Bertz CT molecular complexity index is 558. The van der Waals surface area contributed by atoms with E-state index in [1.807, 2.05) is 32.9 Å². The molecule has 1 amide bonds. The summed E-state index contributed by atoms with van der Waals surface area (Å²) in [4.78, 5) is 24.2. The molecule has 5 heteroatoms. The molecule has 0 aliphatic rings. The van der Waals surface area contributed by atoms with Crippen molar-refractivity contribution in [2.75, 3.05) is 5.32 Å². The summed E-state index contributed by atoms with van der Waals surface area (Å²) in [6.07, 6.45) is 3.01. The van der Waals surface area contributed by atoms with E-state index in [9.17, 15) is 4.79 Å². The van der Waals surface area contributed by atoms with E-state index in [4.69, 9.17) is 0 Å². The van der Waals surface area contributed by atoms with E-state index < -0.39 is 0 Å². The second-order valence-corrected chi connectivity index (χ2v) is 4.17. The molecule has 0 saturated heterocycles. The smallest absolute Gasteiger partial charge is 0.277 e. The number of hydrogen-bond donors (Lipinski definition) is 1. The third kappa shape index (κ3) is 2.88. The first kappa shape index (κ1) is 12.2. The van der Waals surface area contributed by atoms with E-state index in [1.54, 1.807) is 6.20 Å². The second kappa shape index (κ2) is 4.91. The third-order valence-electron chi connectivity index (χ3n) is 2.35. The standard InChI is InChI=1S/C13H14N4O/c1-8-4-9(2)16-12(5-8)17-13(18)11-7-14-10(3)6-15-11/h4-7H,1-3H3,(H,16,17,18). The van der Waals surface area contributed by atoms with Gasteiger partial charge in [0.25, 0.3) is 5.91 Å². The number of aromatic nitrogens is 3. The lowest BCUT2D eigenvalue weighted by Gasteiger charge is -2.06. The molecular formula is C13H14N4O. The van der Waals surface area contributed by atoms with Crippen LogP contribution in [0.1, 0.15) is 27.4 Å². The van der Waals surface area contributed by atoms with Crippen LogP contribution in [0.15, 0.2) is 24.5 Å². The number of pyridine rings is 1. The molecule has 92 valence electrons. The quantitative estimate of drug-likeness (QED) is 0.875. The van der Waals surface area contributed by atoms with E-state index in [0.717, 1.165) is 17.0 Å². The van der Waals surface area contributed by atoms with Crippen LogP contribution < -0.4 is 5.32 Å². The average molecular weight is 242 g/mol. The zero-order valence-corrected chi connectivity index (χ0v) is 10.6. The molecular weight excluding hydrogens is 228 g/mol. The van der Waals surface area contributed by atoms with E-state index >= 15 is 0 Å². The van der Waals surface area contributed by atoms with Crippen molar-refractivity contribution in [2.45, 2.75) is 20.8 Å². The van der Waals surface area contributed by atoms with Gasteiger partial charge in [-0.15, -0.1) is 0 Å². The molecule has 0 atom stereocenters. The van der Waals surface area contributed by atoms with Crippen LogP contribution in [-0.2, 0) is 0 Å². The largest absolute Gasteiger partial charge is 0.305 e. The minimum absolute atomic E-state index is 0.279. The molecule has 5 nitrogen and oxygen atoms in total. The van der Waals surface area contributed by atoms with Gasteiger partial charge in [0.05, 0.1) is 11.9 Å². The van der Waals surface area contributed by atoms with Crippen molar-refractivity contribution in [3.8, 4) is 0 Å². The predicted octanol–water partition coefficient (Wildman–Crippen LogP) is 2.05. The maximum Gasteiger partial charge on any atom is 0.277 e. The van der Waals surface area contributed by atoms with E-state index in [-0.39, 0.29) is 11.6 Å². The molecule has 2 aromatic rings. The summed E-state index contributed by atoms with van der Waals surface area (Å²) in [6, 6.07) is 3.76. The Kier molecular flexibility index (Phi) is 3.32. The fraction of sp³-hybridized carbons (Fsp3) is 0.231. The predicted molar refractivity (Wildman–Crippen MR) is 68.4 cm³/mol. The number of anilines is 1. The van der Waals surface area contributed by atoms with Crippen LogP contribution in [0.3, 0.4) is 0 Å². The Morgan fingerprint density at radius 2 is 1.83 bits per heavy atom. The minimum Gasteiger partial charge on any atom is -0.305 e. The maximum absolute atomic E-state index is 11.9. The lowest BCUT2D eigenvalue weighted by atomic mass is 10.2. The summed E-state index contributed by atoms with van der Waals surface area (Å²) in [7, 11) is 0. The Hall–Kier alpha value is -2.30. The van der Waals surface area contributed by atoms with Crippen molar-refractivity contribution in [3.05, 3.63) is 47.2 Å². The number of aryl methyl sites for hydroxylation is 3. The first-order valence-electron chi connectivity index (χ1n) is 5.60. The van der Waals surface area contributed by atoms with Crippen LogP contribution in [0.5, 0.6) is 0 Å². The van der Waals surface area contributed by atoms with Crippen molar-refractivity contribution in [1.29, 1.82) is 0 Å². The van der Waals surface area contributed by atoms with Gasteiger partial charge in [-0.05, 0) is 38.5 Å². The van der Waals surface area contributed by atoms with E-state index in [2.05, 4.69) is 20.3 Å². The molecule has 0 aromatic carbocycles. The zero-order valence-electron chi connectivity index (χ0n) is 10.6. The van der Waals surface area contributed by atoms with Gasteiger partial charge < -0.3 is 5.32 Å². The van der Waals surface area contributed by atoms with Crippen LogP contribution in [0.25, 0.3) is 0 Å². The Morgan fingerprint density at radius 3 is 2.44 bits per heavy atom. The highest BCUT2D eigenvalue weighted by Gasteiger charge is 2.09. The van der Waals surface area contributed by atoms with Gasteiger partial charge in [-0.25, -0.2) is 9.97 Å². The van der Waals surface area contributed by atoms with E-state index in [1.165, 1.54) is 6.20 Å². The maximum atomic E-state index is 11.9. The number of hydrogen-bond acceptors (Lipinski definition) is 4. The number of nitrogens with zero attached hydrogens (tertiary/aromatic N) is 3. The van der Waals surface area contributed by atoms with Crippen molar-refractivity contribution in [1.82, 2.24) is 15.0 Å². The molecule has 0 bridgehead atoms. The molecule has 0 unspecified atom stereocenters. The highest BCUT2D eigenvalue weighted by atomic mass is 16.1. The average Bonchev–Trinajstić information content (AvgIpc) is 2.28. The summed E-state index contributed by atoms with van der Waals surface area (Å²) in [5.74, 6) is 0.222. The molecule has 0 aliphatic carbocycles. The number of nitrogens with one attached hydrogen (secondary N) is 1. The Labute approximate surface area is 105 Å².